The molecular formula is C14H16FNO2. The molecule has 4 heteroatoms. The largest absolute Gasteiger partial charge is 0.508 e. The van der Waals surface area contributed by atoms with Gasteiger partial charge in [0.1, 0.15) is 17.3 Å². The lowest BCUT2D eigenvalue weighted by atomic mass is 10.1. The Balaban J connectivity index is 1.89. The van der Waals surface area contributed by atoms with E-state index in [4.69, 9.17) is 4.42 Å². The first-order valence-electron chi connectivity index (χ1n) is 5.88. The lowest BCUT2D eigenvalue weighted by Crippen LogP contribution is -2.27. The molecule has 0 aliphatic carbocycles. The van der Waals surface area contributed by atoms with Crippen molar-refractivity contribution >= 4 is 0 Å². The topological polar surface area (TPSA) is 45.4 Å². The molecule has 1 aromatic carbocycles. The van der Waals surface area contributed by atoms with E-state index in [2.05, 4.69) is 5.32 Å². The van der Waals surface area contributed by atoms with Crippen LogP contribution in [0.2, 0.25) is 0 Å². The highest BCUT2D eigenvalue weighted by Crippen LogP contribution is 2.17. The Kier molecular flexibility index (Phi) is 3.99. The van der Waals surface area contributed by atoms with Crippen molar-refractivity contribution in [1.82, 2.24) is 5.32 Å². The average Bonchev–Trinajstić information content (AvgIpc) is 2.83. The Morgan fingerprint density at radius 3 is 2.94 bits per heavy atom. The van der Waals surface area contributed by atoms with Crippen LogP contribution in [0.4, 0.5) is 4.39 Å². The van der Waals surface area contributed by atoms with Crippen LogP contribution in [0.15, 0.2) is 41.0 Å². The van der Waals surface area contributed by atoms with Gasteiger partial charge in [0.05, 0.1) is 6.26 Å². The SMILES string of the molecule is CC(Cc1ccco1)NCc1cc(F)ccc1O. The molecule has 0 aliphatic heterocycles. The first kappa shape index (κ1) is 12.6. The average molecular weight is 249 g/mol. The fourth-order valence-electron chi connectivity index (χ4n) is 1.78. The number of benzene rings is 1. The molecule has 18 heavy (non-hydrogen) atoms. The van der Waals surface area contributed by atoms with E-state index < -0.39 is 0 Å². The number of phenolic OH excluding ortho intramolecular Hbond substituents is 1. The van der Waals surface area contributed by atoms with Crippen molar-refractivity contribution in [3.05, 3.63) is 53.7 Å². The summed E-state index contributed by atoms with van der Waals surface area (Å²) in [5.74, 6) is 0.663. The minimum absolute atomic E-state index is 0.106. The second-order valence-corrected chi connectivity index (χ2v) is 4.34. The summed E-state index contributed by atoms with van der Waals surface area (Å²) >= 11 is 0. The standard InChI is InChI=1S/C14H16FNO2/c1-10(7-13-3-2-6-18-13)16-9-11-8-12(15)4-5-14(11)17/h2-6,8,10,16-17H,7,9H2,1H3. The second-order valence-electron chi connectivity index (χ2n) is 4.34. The molecule has 2 aromatic rings. The zero-order chi connectivity index (χ0) is 13.0. The third-order valence-electron chi connectivity index (χ3n) is 2.77. The first-order chi connectivity index (χ1) is 8.65. The van der Waals surface area contributed by atoms with Gasteiger partial charge in [0.25, 0.3) is 0 Å². The molecule has 2 N–H and O–H groups in total. The monoisotopic (exact) mass is 249 g/mol. The minimum atomic E-state index is -0.344. The Morgan fingerprint density at radius 2 is 2.22 bits per heavy atom. The van der Waals surface area contributed by atoms with Gasteiger partial charge in [-0.25, -0.2) is 4.39 Å². The molecular weight excluding hydrogens is 233 g/mol. The molecule has 1 unspecified atom stereocenters. The minimum Gasteiger partial charge on any atom is -0.508 e. The number of aromatic hydroxyl groups is 1. The van der Waals surface area contributed by atoms with Crippen molar-refractivity contribution in [3.63, 3.8) is 0 Å². The predicted molar refractivity (Wildman–Crippen MR) is 66.8 cm³/mol. The van der Waals surface area contributed by atoms with E-state index in [1.807, 2.05) is 19.1 Å². The number of furan rings is 1. The maximum Gasteiger partial charge on any atom is 0.123 e. The van der Waals surface area contributed by atoms with Gasteiger partial charge in [-0.15, -0.1) is 0 Å². The molecule has 2 rings (SSSR count). The highest BCUT2D eigenvalue weighted by Gasteiger charge is 2.07. The zero-order valence-corrected chi connectivity index (χ0v) is 10.2. The lowest BCUT2D eigenvalue weighted by molar-refractivity contribution is 0.440. The van der Waals surface area contributed by atoms with E-state index in [0.29, 0.717) is 12.1 Å². The Labute approximate surface area is 105 Å². The summed E-state index contributed by atoms with van der Waals surface area (Å²) in [7, 11) is 0. The van der Waals surface area contributed by atoms with E-state index >= 15 is 0 Å². The molecule has 3 nitrogen and oxygen atoms in total. The van der Waals surface area contributed by atoms with Crippen molar-refractivity contribution in [2.45, 2.75) is 25.9 Å². The summed E-state index contributed by atoms with van der Waals surface area (Å²) < 4.78 is 18.3. The van der Waals surface area contributed by atoms with Crippen LogP contribution in [0, 0.1) is 5.82 Å². The van der Waals surface area contributed by atoms with Crippen LogP contribution < -0.4 is 5.32 Å². The van der Waals surface area contributed by atoms with Crippen LogP contribution in [-0.4, -0.2) is 11.1 Å². The van der Waals surface area contributed by atoms with Gasteiger partial charge < -0.3 is 14.8 Å². The normalized spacial score (nSPS) is 12.6. The van der Waals surface area contributed by atoms with E-state index in [1.165, 1.54) is 18.2 Å². The third kappa shape index (κ3) is 3.34. The molecule has 0 saturated heterocycles. The molecule has 0 fully saturated rings. The highest BCUT2D eigenvalue weighted by molar-refractivity contribution is 5.32. The molecule has 0 aliphatic rings. The summed E-state index contributed by atoms with van der Waals surface area (Å²) in [6.07, 6.45) is 2.39. The van der Waals surface area contributed by atoms with Crippen LogP contribution >= 0.6 is 0 Å². The molecule has 1 aromatic heterocycles. The van der Waals surface area contributed by atoms with Crippen LogP contribution in [0.5, 0.6) is 5.75 Å². The first-order valence-corrected chi connectivity index (χ1v) is 5.88. The number of hydrogen-bond donors (Lipinski definition) is 2. The molecule has 0 radical (unpaired) electrons. The summed E-state index contributed by atoms with van der Waals surface area (Å²) in [6.45, 7) is 2.43. The smallest absolute Gasteiger partial charge is 0.123 e. The summed E-state index contributed by atoms with van der Waals surface area (Å²) in [5.41, 5.74) is 0.557. The van der Waals surface area contributed by atoms with Crippen LogP contribution in [0.3, 0.4) is 0 Å². The third-order valence-corrected chi connectivity index (χ3v) is 2.77. The summed E-state index contributed by atoms with van der Waals surface area (Å²) in [5, 5.41) is 12.8. The van der Waals surface area contributed by atoms with Gasteiger partial charge in [0.15, 0.2) is 0 Å². The fraction of sp³-hybridized carbons (Fsp3) is 0.286. The van der Waals surface area contributed by atoms with E-state index in [1.54, 1.807) is 6.26 Å². The zero-order valence-electron chi connectivity index (χ0n) is 10.2. The molecule has 1 heterocycles. The number of hydrogen-bond acceptors (Lipinski definition) is 3. The van der Waals surface area contributed by atoms with Crippen LogP contribution in [-0.2, 0) is 13.0 Å². The lowest BCUT2D eigenvalue weighted by Gasteiger charge is -2.13. The highest BCUT2D eigenvalue weighted by atomic mass is 19.1. The van der Waals surface area contributed by atoms with Gasteiger partial charge in [-0.2, -0.15) is 0 Å². The molecule has 1 atom stereocenters. The van der Waals surface area contributed by atoms with Crippen molar-refractivity contribution in [3.8, 4) is 5.75 Å². The van der Waals surface area contributed by atoms with Crippen molar-refractivity contribution in [1.29, 1.82) is 0 Å². The molecule has 0 spiro atoms. The Morgan fingerprint density at radius 1 is 1.39 bits per heavy atom. The summed E-state index contributed by atoms with van der Waals surface area (Å²) in [6, 6.07) is 7.88. The molecule has 0 saturated carbocycles. The van der Waals surface area contributed by atoms with Gasteiger partial charge in [-0.05, 0) is 37.3 Å². The maximum absolute atomic E-state index is 13.0. The summed E-state index contributed by atoms with van der Waals surface area (Å²) in [4.78, 5) is 0. The Bertz CT molecular complexity index is 497. The van der Waals surface area contributed by atoms with Crippen molar-refractivity contribution < 1.29 is 13.9 Å². The van der Waals surface area contributed by atoms with Crippen LogP contribution in [0.1, 0.15) is 18.2 Å². The fourth-order valence-corrected chi connectivity index (χ4v) is 1.78. The molecule has 0 bridgehead atoms. The Hall–Kier alpha value is -1.81. The molecule has 96 valence electrons. The maximum atomic E-state index is 13.0. The quantitative estimate of drug-likeness (QED) is 0.856. The van der Waals surface area contributed by atoms with Crippen molar-refractivity contribution in [2.75, 3.05) is 0 Å². The number of rotatable bonds is 5. The molecule has 0 amide bonds. The second kappa shape index (κ2) is 5.69. The van der Waals surface area contributed by atoms with Gasteiger partial charge in [0.2, 0.25) is 0 Å². The van der Waals surface area contributed by atoms with Crippen molar-refractivity contribution in [2.24, 2.45) is 0 Å². The number of nitrogens with one attached hydrogen (secondary N) is 1. The van der Waals surface area contributed by atoms with Gasteiger partial charge in [-0.1, -0.05) is 0 Å². The van der Waals surface area contributed by atoms with Gasteiger partial charge in [0, 0.05) is 24.6 Å². The van der Waals surface area contributed by atoms with Gasteiger partial charge in [-0.3, -0.25) is 0 Å². The predicted octanol–water partition coefficient (Wildman–Crippen LogP) is 2.85. The van der Waals surface area contributed by atoms with Crippen LogP contribution in [0.25, 0.3) is 0 Å². The number of halogens is 1. The van der Waals surface area contributed by atoms with E-state index in [0.717, 1.165) is 12.2 Å². The number of phenols is 1. The van der Waals surface area contributed by atoms with E-state index in [-0.39, 0.29) is 17.6 Å². The van der Waals surface area contributed by atoms with Gasteiger partial charge >= 0.3 is 0 Å². The van der Waals surface area contributed by atoms with E-state index in [9.17, 15) is 9.50 Å².